The zero-order valence-electron chi connectivity index (χ0n) is 11.3. The van der Waals surface area contributed by atoms with E-state index in [1.807, 2.05) is 37.3 Å². The number of ether oxygens (including phenoxy) is 1. The molecular formula is C15H16Cl2N2O. The van der Waals surface area contributed by atoms with Crippen LogP contribution >= 0.6 is 23.2 Å². The van der Waals surface area contributed by atoms with Gasteiger partial charge in [-0.15, -0.1) is 0 Å². The van der Waals surface area contributed by atoms with Crippen molar-refractivity contribution in [2.75, 3.05) is 7.11 Å². The Morgan fingerprint density at radius 1 is 1.10 bits per heavy atom. The van der Waals surface area contributed by atoms with Gasteiger partial charge in [-0.2, -0.15) is 0 Å². The minimum absolute atomic E-state index is 0.295. The molecule has 0 saturated carbocycles. The fourth-order valence-electron chi connectivity index (χ4n) is 2.14. The van der Waals surface area contributed by atoms with Crippen LogP contribution in [0.1, 0.15) is 22.7 Å². The van der Waals surface area contributed by atoms with E-state index in [0.29, 0.717) is 15.8 Å². The van der Waals surface area contributed by atoms with Crippen molar-refractivity contribution in [3.8, 4) is 5.75 Å². The molecule has 0 radical (unpaired) electrons. The second-order valence-corrected chi connectivity index (χ2v) is 5.35. The number of nitrogens with two attached hydrogens (primary N) is 1. The van der Waals surface area contributed by atoms with Gasteiger partial charge in [0.05, 0.1) is 13.2 Å². The normalized spacial score (nSPS) is 12.2. The first-order chi connectivity index (χ1) is 9.56. The van der Waals surface area contributed by atoms with Gasteiger partial charge in [0.15, 0.2) is 0 Å². The molecule has 0 aliphatic carbocycles. The number of benzene rings is 2. The number of hydrazine groups is 1. The van der Waals surface area contributed by atoms with Gasteiger partial charge in [0, 0.05) is 15.6 Å². The molecule has 0 saturated heterocycles. The van der Waals surface area contributed by atoms with Crippen LogP contribution in [-0.4, -0.2) is 7.11 Å². The second-order valence-electron chi connectivity index (χ2n) is 4.51. The smallest absolute Gasteiger partial charge is 0.124 e. The van der Waals surface area contributed by atoms with Crippen LogP contribution in [0, 0.1) is 6.92 Å². The summed E-state index contributed by atoms with van der Waals surface area (Å²) in [6.07, 6.45) is 0. The van der Waals surface area contributed by atoms with Crippen molar-refractivity contribution < 1.29 is 4.74 Å². The van der Waals surface area contributed by atoms with E-state index in [1.165, 1.54) is 0 Å². The van der Waals surface area contributed by atoms with E-state index in [0.717, 1.165) is 16.7 Å². The van der Waals surface area contributed by atoms with E-state index in [2.05, 4.69) is 5.43 Å². The number of methoxy groups -OCH3 is 1. The van der Waals surface area contributed by atoms with Gasteiger partial charge in [-0.25, -0.2) is 5.43 Å². The van der Waals surface area contributed by atoms with Gasteiger partial charge in [0.2, 0.25) is 0 Å². The Morgan fingerprint density at radius 2 is 1.85 bits per heavy atom. The summed E-state index contributed by atoms with van der Waals surface area (Å²) in [7, 11) is 1.61. The molecule has 0 aromatic heterocycles. The van der Waals surface area contributed by atoms with E-state index in [9.17, 15) is 0 Å². The lowest BCUT2D eigenvalue weighted by atomic mass is 9.97. The first kappa shape index (κ1) is 15.1. The topological polar surface area (TPSA) is 47.3 Å². The zero-order chi connectivity index (χ0) is 14.7. The highest BCUT2D eigenvalue weighted by Gasteiger charge is 2.20. The van der Waals surface area contributed by atoms with Gasteiger partial charge in [-0.1, -0.05) is 35.3 Å². The van der Waals surface area contributed by atoms with Crippen molar-refractivity contribution in [3.05, 3.63) is 63.1 Å². The maximum absolute atomic E-state index is 6.32. The number of halogens is 2. The van der Waals surface area contributed by atoms with Crippen molar-refractivity contribution in [3.63, 3.8) is 0 Å². The summed E-state index contributed by atoms with van der Waals surface area (Å²) in [6, 6.07) is 10.9. The Bertz CT molecular complexity index is 617. The summed E-state index contributed by atoms with van der Waals surface area (Å²) in [5.74, 6) is 6.41. The lowest BCUT2D eigenvalue weighted by Gasteiger charge is -2.21. The van der Waals surface area contributed by atoms with Crippen LogP contribution < -0.4 is 16.0 Å². The third kappa shape index (κ3) is 3.07. The quantitative estimate of drug-likeness (QED) is 0.666. The highest BCUT2D eigenvalue weighted by molar-refractivity contribution is 6.31. The highest BCUT2D eigenvalue weighted by Crippen LogP contribution is 2.35. The van der Waals surface area contributed by atoms with E-state index < -0.39 is 0 Å². The SMILES string of the molecule is COc1ccc(Cl)cc1C(NN)c1ccc(C)cc1Cl. The Morgan fingerprint density at radius 3 is 2.45 bits per heavy atom. The molecule has 0 amide bonds. The molecule has 1 atom stereocenters. The van der Waals surface area contributed by atoms with Crippen LogP contribution in [-0.2, 0) is 0 Å². The van der Waals surface area contributed by atoms with Crippen LogP contribution in [0.4, 0.5) is 0 Å². The highest BCUT2D eigenvalue weighted by atomic mass is 35.5. The van der Waals surface area contributed by atoms with Crippen LogP contribution in [0.5, 0.6) is 5.75 Å². The maximum Gasteiger partial charge on any atom is 0.124 e. The van der Waals surface area contributed by atoms with Crippen molar-refractivity contribution >= 4 is 23.2 Å². The maximum atomic E-state index is 6.32. The number of hydrogen-bond donors (Lipinski definition) is 2. The van der Waals surface area contributed by atoms with E-state index in [4.69, 9.17) is 33.8 Å². The molecular weight excluding hydrogens is 295 g/mol. The third-order valence-corrected chi connectivity index (χ3v) is 3.70. The van der Waals surface area contributed by atoms with Crippen LogP contribution in [0.15, 0.2) is 36.4 Å². The Hall–Kier alpha value is -1.26. The second kappa shape index (κ2) is 6.46. The molecule has 1 unspecified atom stereocenters. The van der Waals surface area contributed by atoms with Crippen molar-refractivity contribution in [2.45, 2.75) is 13.0 Å². The van der Waals surface area contributed by atoms with Crippen molar-refractivity contribution in [1.82, 2.24) is 5.43 Å². The summed E-state index contributed by atoms with van der Waals surface area (Å²) < 4.78 is 5.37. The Labute approximate surface area is 128 Å². The molecule has 106 valence electrons. The molecule has 0 spiro atoms. The minimum atomic E-state index is -0.295. The molecule has 0 aliphatic rings. The van der Waals surface area contributed by atoms with E-state index in [1.54, 1.807) is 13.2 Å². The molecule has 5 heteroatoms. The summed E-state index contributed by atoms with van der Waals surface area (Å²) in [6.45, 7) is 1.99. The average Bonchev–Trinajstić information content (AvgIpc) is 2.42. The lowest BCUT2D eigenvalue weighted by molar-refractivity contribution is 0.404. The summed E-state index contributed by atoms with van der Waals surface area (Å²) in [5, 5.41) is 1.26. The van der Waals surface area contributed by atoms with Crippen LogP contribution in [0.2, 0.25) is 10.0 Å². The zero-order valence-corrected chi connectivity index (χ0v) is 12.8. The van der Waals surface area contributed by atoms with Crippen LogP contribution in [0.25, 0.3) is 0 Å². The fraction of sp³-hybridized carbons (Fsp3) is 0.200. The first-order valence-corrected chi connectivity index (χ1v) is 6.88. The minimum Gasteiger partial charge on any atom is -0.496 e. The Kier molecular flexibility index (Phi) is 4.89. The molecule has 0 bridgehead atoms. The van der Waals surface area contributed by atoms with Crippen molar-refractivity contribution in [1.29, 1.82) is 0 Å². The standard InChI is InChI=1S/C15H16Cl2N2O/c1-9-3-5-11(13(17)7-9)15(19-18)12-8-10(16)4-6-14(12)20-2/h3-8,15,19H,18H2,1-2H3. The number of aryl methyl sites for hydroxylation is 1. The predicted octanol–water partition coefficient (Wildman–Crippen LogP) is 3.86. The fourth-order valence-corrected chi connectivity index (χ4v) is 2.67. The largest absolute Gasteiger partial charge is 0.496 e. The first-order valence-electron chi connectivity index (χ1n) is 6.12. The van der Waals surface area contributed by atoms with Gasteiger partial charge in [0.1, 0.15) is 5.75 Å². The predicted molar refractivity (Wildman–Crippen MR) is 83.4 cm³/mol. The number of rotatable bonds is 4. The molecule has 20 heavy (non-hydrogen) atoms. The molecule has 2 rings (SSSR count). The van der Waals surface area contributed by atoms with E-state index >= 15 is 0 Å². The summed E-state index contributed by atoms with van der Waals surface area (Å²) >= 11 is 12.4. The molecule has 0 heterocycles. The molecule has 3 nitrogen and oxygen atoms in total. The average molecular weight is 311 g/mol. The molecule has 2 aromatic carbocycles. The summed E-state index contributed by atoms with van der Waals surface area (Å²) in [4.78, 5) is 0. The molecule has 0 fully saturated rings. The number of nitrogens with one attached hydrogen (secondary N) is 1. The van der Waals surface area contributed by atoms with Crippen LogP contribution in [0.3, 0.4) is 0 Å². The third-order valence-electron chi connectivity index (χ3n) is 3.14. The Balaban J connectivity index is 2.54. The number of hydrogen-bond acceptors (Lipinski definition) is 3. The van der Waals surface area contributed by atoms with Gasteiger partial charge in [-0.05, 0) is 42.3 Å². The lowest BCUT2D eigenvalue weighted by Crippen LogP contribution is -2.29. The van der Waals surface area contributed by atoms with Gasteiger partial charge < -0.3 is 4.74 Å². The van der Waals surface area contributed by atoms with Crippen molar-refractivity contribution in [2.24, 2.45) is 5.84 Å². The van der Waals surface area contributed by atoms with Gasteiger partial charge >= 0.3 is 0 Å². The monoisotopic (exact) mass is 310 g/mol. The van der Waals surface area contributed by atoms with E-state index in [-0.39, 0.29) is 6.04 Å². The van der Waals surface area contributed by atoms with Gasteiger partial charge in [0.25, 0.3) is 0 Å². The molecule has 0 aliphatic heterocycles. The molecule has 2 aromatic rings. The van der Waals surface area contributed by atoms with Gasteiger partial charge in [-0.3, -0.25) is 5.84 Å². The molecule has 3 N–H and O–H groups in total. The summed E-state index contributed by atoms with van der Waals surface area (Å²) in [5.41, 5.74) is 5.58.